The normalized spacial score (nSPS) is 10.6. The highest BCUT2D eigenvalue weighted by Gasteiger charge is 2.21. The van der Waals surface area contributed by atoms with Crippen molar-refractivity contribution in [2.24, 2.45) is 0 Å². The fourth-order valence-electron chi connectivity index (χ4n) is 2.50. The predicted octanol–water partition coefficient (Wildman–Crippen LogP) is 4.64. The smallest absolute Gasteiger partial charge is 0.341 e. The van der Waals surface area contributed by atoms with Crippen LogP contribution in [-0.2, 0) is 4.74 Å². The molecule has 24 heavy (non-hydrogen) atoms. The SMILES string of the molecule is CCOC(=O)c1c(NC(=O)c2cccc(C)c2)sc2ccccc12. The third kappa shape index (κ3) is 3.16. The number of nitrogens with one attached hydrogen (secondary N) is 1. The van der Waals surface area contributed by atoms with Gasteiger partial charge in [0.1, 0.15) is 10.6 Å². The highest BCUT2D eigenvalue weighted by molar-refractivity contribution is 7.23. The van der Waals surface area contributed by atoms with Crippen molar-refractivity contribution in [1.82, 2.24) is 0 Å². The first-order chi connectivity index (χ1) is 11.6. The lowest BCUT2D eigenvalue weighted by Gasteiger charge is -2.07. The highest BCUT2D eigenvalue weighted by Crippen LogP contribution is 2.36. The van der Waals surface area contributed by atoms with Gasteiger partial charge in [-0.2, -0.15) is 0 Å². The van der Waals surface area contributed by atoms with Crippen LogP contribution in [0.2, 0.25) is 0 Å². The molecule has 0 fully saturated rings. The van der Waals surface area contributed by atoms with Gasteiger partial charge in [-0.25, -0.2) is 4.79 Å². The molecule has 0 atom stereocenters. The van der Waals surface area contributed by atoms with E-state index >= 15 is 0 Å². The lowest BCUT2D eigenvalue weighted by atomic mass is 10.1. The van der Waals surface area contributed by atoms with E-state index in [9.17, 15) is 9.59 Å². The molecule has 0 radical (unpaired) electrons. The maximum Gasteiger partial charge on any atom is 0.341 e. The number of thiophene rings is 1. The summed E-state index contributed by atoms with van der Waals surface area (Å²) in [4.78, 5) is 24.9. The molecule has 0 saturated carbocycles. The molecule has 0 unspecified atom stereocenters. The van der Waals surface area contributed by atoms with Gasteiger partial charge in [-0.3, -0.25) is 4.79 Å². The Kier molecular flexibility index (Phi) is 4.62. The molecule has 2 aromatic carbocycles. The van der Waals surface area contributed by atoms with Gasteiger partial charge in [0.25, 0.3) is 5.91 Å². The van der Waals surface area contributed by atoms with Crippen molar-refractivity contribution in [2.45, 2.75) is 13.8 Å². The maximum atomic E-state index is 12.5. The lowest BCUT2D eigenvalue weighted by Crippen LogP contribution is -2.14. The van der Waals surface area contributed by atoms with Crippen LogP contribution in [0.25, 0.3) is 10.1 Å². The first kappa shape index (κ1) is 16.2. The molecule has 0 saturated heterocycles. The molecular formula is C19H17NO3S. The van der Waals surface area contributed by atoms with Crippen molar-refractivity contribution in [3.8, 4) is 0 Å². The number of benzene rings is 2. The number of esters is 1. The van der Waals surface area contributed by atoms with Crippen molar-refractivity contribution in [1.29, 1.82) is 0 Å². The summed E-state index contributed by atoms with van der Waals surface area (Å²) in [5.74, 6) is -0.662. The van der Waals surface area contributed by atoms with Crippen LogP contribution in [0.4, 0.5) is 5.00 Å². The number of rotatable bonds is 4. The Morgan fingerprint density at radius 1 is 1.12 bits per heavy atom. The van der Waals surface area contributed by atoms with Crippen molar-refractivity contribution >= 4 is 38.3 Å². The Hall–Kier alpha value is -2.66. The van der Waals surface area contributed by atoms with E-state index in [1.165, 1.54) is 11.3 Å². The van der Waals surface area contributed by atoms with Crippen molar-refractivity contribution in [3.63, 3.8) is 0 Å². The first-order valence-electron chi connectivity index (χ1n) is 7.67. The highest BCUT2D eigenvalue weighted by atomic mass is 32.1. The molecule has 4 nitrogen and oxygen atoms in total. The third-order valence-electron chi connectivity index (χ3n) is 3.58. The van der Waals surface area contributed by atoms with Gasteiger partial charge in [0.2, 0.25) is 0 Å². The largest absolute Gasteiger partial charge is 0.462 e. The van der Waals surface area contributed by atoms with E-state index in [-0.39, 0.29) is 12.5 Å². The summed E-state index contributed by atoms with van der Waals surface area (Å²) >= 11 is 1.37. The number of carbonyl (C=O) groups is 2. The van der Waals surface area contributed by atoms with Crippen LogP contribution >= 0.6 is 11.3 Å². The van der Waals surface area contributed by atoms with E-state index in [1.54, 1.807) is 13.0 Å². The van der Waals surface area contributed by atoms with Crippen LogP contribution in [0.1, 0.15) is 33.2 Å². The summed E-state index contributed by atoms with van der Waals surface area (Å²) in [5, 5.41) is 4.17. The van der Waals surface area contributed by atoms with Crippen LogP contribution in [0.3, 0.4) is 0 Å². The monoisotopic (exact) mass is 339 g/mol. The molecule has 1 N–H and O–H groups in total. The Bertz CT molecular complexity index is 914. The fraction of sp³-hybridized carbons (Fsp3) is 0.158. The topological polar surface area (TPSA) is 55.4 Å². The molecule has 1 heterocycles. The summed E-state index contributed by atoms with van der Waals surface area (Å²) in [7, 11) is 0. The summed E-state index contributed by atoms with van der Waals surface area (Å²) in [6, 6.07) is 14.9. The standard InChI is InChI=1S/C19H17NO3S/c1-3-23-19(22)16-14-9-4-5-10-15(14)24-18(16)20-17(21)13-8-6-7-12(2)11-13/h4-11H,3H2,1-2H3,(H,20,21). The Balaban J connectivity index is 2.01. The summed E-state index contributed by atoms with van der Waals surface area (Å²) in [6.07, 6.45) is 0. The van der Waals surface area contributed by atoms with Gasteiger partial charge in [0.05, 0.1) is 6.61 Å². The van der Waals surface area contributed by atoms with E-state index in [0.29, 0.717) is 16.1 Å². The van der Waals surface area contributed by atoms with Crippen LogP contribution in [0, 0.1) is 6.92 Å². The number of ether oxygens (including phenoxy) is 1. The van der Waals surface area contributed by atoms with Gasteiger partial charge in [-0.1, -0.05) is 35.9 Å². The Morgan fingerprint density at radius 3 is 2.67 bits per heavy atom. The second-order valence-corrected chi connectivity index (χ2v) is 6.40. The van der Waals surface area contributed by atoms with Gasteiger partial charge in [-0.15, -0.1) is 11.3 Å². The quantitative estimate of drug-likeness (QED) is 0.705. The number of hydrogen-bond acceptors (Lipinski definition) is 4. The molecule has 5 heteroatoms. The van der Waals surface area contributed by atoms with Crippen LogP contribution in [0.5, 0.6) is 0 Å². The zero-order chi connectivity index (χ0) is 17.1. The van der Waals surface area contributed by atoms with Gasteiger partial charge in [-0.05, 0) is 32.0 Å². The molecule has 122 valence electrons. The predicted molar refractivity (Wildman–Crippen MR) is 96.9 cm³/mol. The number of anilines is 1. The molecule has 3 rings (SSSR count). The second kappa shape index (κ2) is 6.84. The van der Waals surface area contributed by atoms with Gasteiger partial charge in [0.15, 0.2) is 0 Å². The lowest BCUT2D eigenvalue weighted by molar-refractivity contribution is 0.0530. The van der Waals surface area contributed by atoms with Crippen molar-refractivity contribution in [2.75, 3.05) is 11.9 Å². The van der Waals surface area contributed by atoms with Crippen molar-refractivity contribution < 1.29 is 14.3 Å². The van der Waals surface area contributed by atoms with Crippen molar-refractivity contribution in [3.05, 3.63) is 65.2 Å². The molecule has 1 amide bonds. The minimum atomic E-state index is -0.422. The van der Waals surface area contributed by atoms with E-state index in [1.807, 2.05) is 49.4 Å². The third-order valence-corrected chi connectivity index (χ3v) is 4.67. The van der Waals surface area contributed by atoms with E-state index < -0.39 is 5.97 Å². The average molecular weight is 339 g/mol. The average Bonchev–Trinajstić information content (AvgIpc) is 2.93. The van der Waals surface area contributed by atoms with Gasteiger partial charge >= 0.3 is 5.97 Å². The van der Waals surface area contributed by atoms with E-state index in [0.717, 1.165) is 15.6 Å². The maximum absolute atomic E-state index is 12.5. The number of carbonyl (C=O) groups excluding carboxylic acids is 2. The molecule has 0 aliphatic carbocycles. The minimum absolute atomic E-state index is 0.240. The molecule has 0 bridgehead atoms. The number of aryl methyl sites for hydroxylation is 1. The molecule has 1 aromatic heterocycles. The van der Waals surface area contributed by atoms with E-state index in [2.05, 4.69) is 5.32 Å². The molecule has 3 aromatic rings. The number of fused-ring (bicyclic) bond motifs is 1. The summed E-state index contributed by atoms with van der Waals surface area (Å²) < 4.78 is 6.09. The van der Waals surface area contributed by atoms with Crippen LogP contribution < -0.4 is 5.32 Å². The fourth-order valence-corrected chi connectivity index (χ4v) is 3.59. The minimum Gasteiger partial charge on any atom is -0.462 e. The zero-order valence-corrected chi connectivity index (χ0v) is 14.3. The van der Waals surface area contributed by atoms with Gasteiger partial charge < -0.3 is 10.1 Å². The van der Waals surface area contributed by atoms with Gasteiger partial charge in [0, 0.05) is 15.6 Å². The molecule has 0 aliphatic rings. The summed E-state index contributed by atoms with van der Waals surface area (Å²) in [5.41, 5.74) is 1.98. The first-order valence-corrected chi connectivity index (χ1v) is 8.48. The number of hydrogen-bond donors (Lipinski definition) is 1. The molecular weight excluding hydrogens is 322 g/mol. The number of amides is 1. The Morgan fingerprint density at radius 2 is 1.92 bits per heavy atom. The Labute approximate surface area is 144 Å². The molecule has 0 aliphatic heterocycles. The van der Waals surface area contributed by atoms with E-state index in [4.69, 9.17) is 4.74 Å². The zero-order valence-electron chi connectivity index (χ0n) is 13.5. The van der Waals surface area contributed by atoms with Crippen LogP contribution in [-0.4, -0.2) is 18.5 Å². The summed E-state index contributed by atoms with van der Waals surface area (Å²) in [6.45, 7) is 3.98. The van der Waals surface area contributed by atoms with Crippen LogP contribution in [0.15, 0.2) is 48.5 Å². The second-order valence-electron chi connectivity index (χ2n) is 5.35. The molecule has 0 spiro atoms.